The third kappa shape index (κ3) is 6.17. The number of carbonyl (C=O) groups is 2. The van der Waals surface area contributed by atoms with Crippen LogP contribution in [0.25, 0.3) is 5.69 Å². The number of carbonyl (C=O) groups excluding carboxylic acids is 2. The number of hydrogen-bond donors (Lipinski definition) is 3. The summed E-state index contributed by atoms with van der Waals surface area (Å²) in [5.74, 6) is -3.35. The molecule has 4 aromatic rings. The second-order valence-corrected chi connectivity index (χ2v) is 9.12. The Morgan fingerprint density at radius 2 is 1.73 bits per heavy atom. The number of anilines is 2. The van der Waals surface area contributed by atoms with Crippen LogP contribution in [0.5, 0.6) is 11.5 Å². The smallest absolute Gasteiger partial charge is 0.323 e. The molecule has 0 radical (unpaired) electrons. The SMILES string of the molecule is Cc1cc(=O)n(-c2cc(F)cc(F)c2)nc1C(=O)Nc1ccc(Oc2ccnc(NC(=O)N3CC(O)C3)c2)c(F)c1. The molecule has 1 aliphatic rings. The maximum Gasteiger partial charge on any atom is 0.323 e. The van der Waals surface area contributed by atoms with E-state index in [1.54, 1.807) is 0 Å². The number of aliphatic hydroxyl groups is 1. The number of rotatable bonds is 6. The van der Waals surface area contributed by atoms with Crippen molar-refractivity contribution in [2.75, 3.05) is 23.7 Å². The van der Waals surface area contributed by atoms with E-state index in [0.717, 1.165) is 24.3 Å². The van der Waals surface area contributed by atoms with E-state index in [1.807, 2.05) is 0 Å². The van der Waals surface area contributed by atoms with Crippen LogP contribution < -0.4 is 20.9 Å². The fraction of sp³-hybridized carbons (Fsp3) is 0.148. The normalized spacial score (nSPS) is 13.0. The zero-order chi connectivity index (χ0) is 29.3. The molecule has 1 aliphatic heterocycles. The number of benzene rings is 2. The van der Waals surface area contributed by atoms with Gasteiger partial charge in [-0.2, -0.15) is 9.78 Å². The van der Waals surface area contributed by atoms with Crippen molar-refractivity contribution < 1.29 is 32.6 Å². The van der Waals surface area contributed by atoms with Crippen molar-refractivity contribution in [1.82, 2.24) is 19.7 Å². The van der Waals surface area contributed by atoms with Gasteiger partial charge in [-0.25, -0.2) is 22.9 Å². The number of urea groups is 1. The minimum atomic E-state index is -0.932. The Morgan fingerprint density at radius 1 is 1.00 bits per heavy atom. The van der Waals surface area contributed by atoms with Crippen LogP contribution in [0.15, 0.2) is 65.6 Å². The molecule has 0 aliphatic carbocycles. The summed E-state index contributed by atoms with van der Waals surface area (Å²) < 4.78 is 48.5. The Balaban J connectivity index is 1.29. The second-order valence-electron chi connectivity index (χ2n) is 9.12. The first kappa shape index (κ1) is 27.3. The van der Waals surface area contributed by atoms with Gasteiger partial charge < -0.3 is 20.1 Å². The number of aliphatic hydroxyl groups excluding tert-OH is 1. The maximum atomic E-state index is 14.9. The number of ether oxygens (including phenoxy) is 1. The number of aryl methyl sites for hydroxylation is 1. The number of pyridine rings is 1. The van der Waals surface area contributed by atoms with Gasteiger partial charge in [0.25, 0.3) is 11.5 Å². The van der Waals surface area contributed by atoms with Gasteiger partial charge in [0.2, 0.25) is 0 Å². The number of nitrogens with zero attached hydrogens (tertiary/aromatic N) is 4. The van der Waals surface area contributed by atoms with Gasteiger partial charge >= 0.3 is 6.03 Å². The number of nitrogens with one attached hydrogen (secondary N) is 2. The summed E-state index contributed by atoms with van der Waals surface area (Å²) >= 11 is 0. The Labute approximate surface area is 229 Å². The molecule has 0 unspecified atom stereocenters. The van der Waals surface area contributed by atoms with Crippen LogP contribution in [0.3, 0.4) is 0 Å². The van der Waals surface area contributed by atoms with Crippen LogP contribution in [0.4, 0.5) is 29.5 Å². The summed E-state index contributed by atoms with van der Waals surface area (Å²) in [5, 5.41) is 18.3. The largest absolute Gasteiger partial charge is 0.454 e. The van der Waals surface area contributed by atoms with E-state index in [9.17, 15) is 32.7 Å². The molecule has 0 saturated carbocycles. The van der Waals surface area contributed by atoms with E-state index in [1.165, 1.54) is 42.3 Å². The Kier molecular flexibility index (Phi) is 7.40. The molecule has 0 atom stereocenters. The molecule has 2 aromatic heterocycles. The fourth-order valence-electron chi connectivity index (χ4n) is 3.95. The molecule has 3 amide bonds. The maximum absolute atomic E-state index is 14.9. The van der Waals surface area contributed by atoms with Gasteiger partial charge in [-0.05, 0) is 42.8 Å². The van der Waals surface area contributed by atoms with Gasteiger partial charge in [0.05, 0.1) is 24.9 Å². The molecule has 3 N–H and O–H groups in total. The summed E-state index contributed by atoms with van der Waals surface area (Å²) in [7, 11) is 0. The Morgan fingerprint density at radius 3 is 2.41 bits per heavy atom. The van der Waals surface area contributed by atoms with Crippen molar-refractivity contribution in [3.63, 3.8) is 0 Å². The summed E-state index contributed by atoms with van der Waals surface area (Å²) in [4.78, 5) is 42.8. The first-order chi connectivity index (χ1) is 19.5. The number of β-amino-alcohol motifs (C(OH)–C–C–N with tert-alkyl or cyclic N) is 1. The molecule has 14 heteroatoms. The highest BCUT2D eigenvalue weighted by molar-refractivity contribution is 6.03. The Bertz CT molecular complexity index is 1700. The van der Waals surface area contributed by atoms with Gasteiger partial charge in [0, 0.05) is 36.1 Å². The molecule has 1 fully saturated rings. The van der Waals surface area contributed by atoms with Crippen molar-refractivity contribution in [1.29, 1.82) is 0 Å². The highest BCUT2D eigenvalue weighted by Gasteiger charge is 2.29. The minimum Gasteiger partial charge on any atom is -0.454 e. The topological polar surface area (TPSA) is 139 Å². The Hall–Kier alpha value is -5.24. The summed E-state index contributed by atoms with van der Waals surface area (Å²) in [5.41, 5.74) is -0.932. The number of aromatic nitrogens is 3. The third-order valence-electron chi connectivity index (χ3n) is 5.96. The van der Waals surface area contributed by atoms with Crippen LogP contribution in [-0.2, 0) is 0 Å². The van der Waals surface area contributed by atoms with Crippen molar-refractivity contribution in [2.45, 2.75) is 13.0 Å². The predicted octanol–water partition coefficient (Wildman–Crippen LogP) is 3.61. The van der Waals surface area contributed by atoms with Gasteiger partial charge in [-0.3, -0.25) is 14.9 Å². The lowest BCUT2D eigenvalue weighted by Gasteiger charge is -2.35. The number of halogens is 3. The summed E-state index contributed by atoms with van der Waals surface area (Å²) in [6, 6.07) is 9.51. The average Bonchev–Trinajstić information content (AvgIpc) is 2.88. The highest BCUT2D eigenvalue weighted by atomic mass is 19.1. The molecule has 11 nitrogen and oxygen atoms in total. The lowest BCUT2D eigenvalue weighted by molar-refractivity contribution is 0.0308. The molecule has 0 spiro atoms. The molecule has 2 aromatic carbocycles. The second kappa shape index (κ2) is 11.1. The van der Waals surface area contributed by atoms with Gasteiger partial charge in [-0.15, -0.1) is 0 Å². The van der Waals surface area contributed by atoms with Crippen LogP contribution in [0, 0.1) is 24.4 Å². The molecular weight excluding hydrogens is 545 g/mol. The summed E-state index contributed by atoms with van der Waals surface area (Å²) in [6.45, 7) is 1.88. The molecule has 41 heavy (non-hydrogen) atoms. The van der Waals surface area contributed by atoms with Crippen LogP contribution in [0.2, 0.25) is 0 Å². The molecule has 3 heterocycles. The lowest BCUT2D eigenvalue weighted by atomic mass is 10.2. The van der Waals surface area contributed by atoms with Crippen molar-refractivity contribution in [3.05, 3.63) is 99.9 Å². The van der Waals surface area contributed by atoms with Gasteiger partial charge in [-0.1, -0.05) is 0 Å². The van der Waals surface area contributed by atoms with E-state index < -0.39 is 41.1 Å². The van der Waals surface area contributed by atoms with Crippen molar-refractivity contribution in [3.8, 4) is 17.2 Å². The zero-order valence-corrected chi connectivity index (χ0v) is 21.3. The zero-order valence-electron chi connectivity index (χ0n) is 21.3. The molecule has 0 bridgehead atoms. The van der Waals surface area contributed by atoms with Gasteiger partial charge in [0.1, 0.15) is 23.2 Å². The molecule has 5 rings (SSSR count). The van der Waals surface area contributed by atoms with Crippen molar-refractivity contribution in [2.24, 2.45) is 0 Å². The monoisotopic (exact) mass is 566 g/mol. The molecule has 1 saturated heterocycles. The van der Waals surface area contributed by atoms with Crippen LogP contribution >= 0.6 is 0 Å². The average molecular weight is 566 g/mol. The third-order valence-corrected chi connectivity index (χ3v) is 5.96. The summed E-state index contributed by atoms with van der Waals surface area (Å²) in [6.07, 6.45) is 0.801. The number of hydrogen-bond acceptors (Lipinski definition) is 7. The van der Waals surface area contributed by atoms with E-state index >= 15 is 0 Å². The predicted molar refractivity (Wildman–Crippen MR) is 140 cm³/mol. The van der Waals surface area contributed by atoms with E-state index in [0.29, 0.717) is 10.7 Å². The van der Waals surface area contributed by atoms with Crippen molar-refractivity contribution >= 4 is 23.4 Å². The lowest BCUT2D eigenvalue weighted by Crippen LogP contribution is -2.54. The minimum absolute atomic E-state index is 0.0371. The van der Waals surface area contributed by atoms with E-state index in [4.69, 9.17) is 4.74 Å². The fourth-order valence-corrected chi connectivity index (χ4v) is 3.95. The van der Waals surface area contributed by atoms with E-state index in [-0.39, 0.29) is 53.0 Å². The highest BCUT2D eigenvalue weighted by Crippen LogP contribution is 2.28. The standard InChI is InChI=1S/C27H21F3N6O5/c1-14-6-24(38)36(18-8-15(28)7-16(29)9-18)34-25(14)26(39)32-17-2-3-22(21(30)10-17)41-20-4-5-31-23(11-20)33-27(40)35-12-19(37)13-35/h2-11,19,37H,12-13H2,1H3,(H,32,39)(H,31,33,40). The van der Waals surface area contributed by atoms with Crippen LogP contribution in [0.1, 0.15) is 16.1 Å². The van der Waals surface area contributed by atoms with E-state index in [2.05, 4.69) is 20.7 Å². The first-order valence-corrected chi connectivity index (χ1v) is 12.1. The molecule has 210 valence electrons. The first-order valence-electron chi connectivity index (χ1n) is 12.1. The molecular formula is C27H21F3N6O5. The number of amides is 3. The van der Waals surface area contributed by atoms with Gasteiger partial charge in [0.15, 0.2) is 17.3 Å². The van der Waals surface area contributed by atoms with Crippen LogP contribution in [-0.4, -0.2) is 55.9 Å². The number of likely N-dealkylation sites (tertiary alicyclic amines) is 1. The quantitative estimate of drug-likeness (QED) is 0.324.